The molecular weight excluding hydrogens is 583 g/mol. The number of aliphatic carboxylic acids is 1. The summed E-state index contributed by atoms with van der Waals surface area (Å²) in [6, 6.07) is 0. The zero-order chi connectivity index (χ0) is 29.1. The predicted octanol–water partition coefficient (Wildman–Crippen LogP) is 13.6. The summed E-state index contributed by atoms with van der Waals surface area (Å²) in [5.41, 5.74) is 0. The van der Waals surface area contributed by atoms with Crippen molar-refractivity contribution in [2.75, 3.05) is 0 Å². The zero-order valence-electron chi connectivity index (χ0n) is 27.8. The summed E-state index contributed by atoms with van der Waals surface area (Å²) in [6.45, 7) is 9.21. The Labute approximate surface area is 255 Å². The van der Waals surface area contributed by atoms with Crippen molar-refractivity contribution in [1.82, 2.24) is 0 Å². The second-order valence-electron chi connectivity index (χ2n) is 12.3. The first kappa shape index (κ1) is 41.4. The maximum atomic E-state index is 10.2. The summed E-state index contributed by atoms with van der Waals surface area (Å²) in [7, 11) is 0. The molecule has 0 aromatic rings. The van der Waals surface area contributed by atoms with Crippen molar-refractivity contribution in [1.29, 1.82) is 0 Å². The third-order valence-electron chi connectivity index (χ3n) is 8.15. The molecule has 235 valence electrons. The van der Waals surface area contributed by atoms with E-state index in [1.165, 1.54) is 141 Å². The summed E-state index contributed by atoms with van der Waals surface area (Å²) in [5, 5.41) is 8.41. The monoisotopic (exact) mass is 659 g/mol. The van der Waals surface area contributed by atoms with Gasteiger partial charge in [-0.1, -0.05) is 58.3 Å². The Balaban J connectivity index is 0. The molecule has 0 atom stereocenters. The fourth-order valence-corrected chi connectivity index (χ4v) is 14.0. The second-order valence-corrected chi connectivity index (χ2v) is 20.8. The van der Waals surface area contributed by atoms with Crippen LogP contribution >= 0.6 is 0 Å². The molecule has 0 fully saturated rings. The van der Waals surface area contributed by atoms with Gasteiger partial charge >= 0.3 is 175 Å². The SMILES string of the molecule is CCCCCCCCCCCC(=O)O.CCCCCCC[CH2][Sn]([CH2]CCCCCCC)[CH2]CCCCCCC. The van der Waals surface area contributed by atoms with Gasteiger partial charge in [-0.05, 0) is 6.42 Å². The van der Waals surface area contributed by atoms with E-state index in [4.69, 9.17) is 5.11 Å². The molecule has 0 aromatic carbocycles. The first-order valence-electron chi connectivity index (χ1n) is 18.2. The molecule has 1 radical (unpaired) electrons. The van der Waals surface area contributed by atoms with Crippen LogP contribution in [0.25, 0.3) is 0 Å². The molecule has 2 nitrogen and oxygen atoms in total. The van der Waals surface area contributed by atoms with E-state index in [0.29, 0.717) is 6.42 Å². The maximum absolute atomic E-state index is 10.2. The third-order valence-corrected chi connectivity index (χ3v) is 17.2. The standard InChI is InChI=1S/C12H24O2.3C8H17.Sn/c1-2-3-4-5-6-7-8-9-10-11-12(13)14;3*1-3-5-7-8-6-4-2;/h2-11H2,1H3,(H,13,14);3*1,3-8H2,2H3;. The van der Waals surface area contributed by atoms with E-state index in [9.17, 15) is 4.79 Å². The van der Waals surface area contributed by atoms with Crippen LogP contribution < -0.4 is 0 Å². The fourth-order valence-electron chi connectivity index (χ4n) is 5.43. The normalized spacial score (nSPS) is 11.1. The van der Waals surface area contributed by atoms with Crippen molar-refractivity contribution in [3.05, 3.63) is 0 Å². The Morgan fingerprint density at radius 3 is 0.872 bits per heavy atom. The van der Waals surface area contributed by atoms with Crippen LogP contribution in [-0.2, 0) is 4.79 Å². The number of hydrogen-bond acceptors (Lipinski definition) is 1. The van der Waals surface area contributed by atoms with Gasteiger partial charge in [0.1, 0.15) is 0 Å². The van der Waals surface area contributed by atoms with Gasteiger partial charge < -0.3 is 5.11 Å². The minimum absolute atomic E-state index is 0.343. The van der Waals surface area contributed by atoms with Crippen molar-refractivity contribution < 1.29 is 9.90 Å². The fraction of sp³-hybridized carbons (Fsp3) is 0.972. The summed E-state index contributed by atoms with van der Waals surface area (Å²) in [5.74, 6) is -0.659. The summed E-state index contributed by atoms with van der Waals surface area (Å²) >= 11 is -1.02. The van der Waals surface area contributed by atoms with Gasteiger partial charge in [0.25, 0.3) is 0 Å². The van der Waals surface area contributed by atoms with E-state index in [-0.39, 0.29) is 0 Å². The van der Waals surface area contributed by atoms with Crippen molar-refractivity contribution in [2.45, 2.75) is 221 Å². The molecule has 0 aromatic heterocycles. The van der Waals surface area contributed by atoms with Gasteiger partial charge in [-0.2, -0.15) is 0 Å². The van der Waals surface area contributed by atoms with Crippen LogP contribution in [0.5, 0.6) is 0 Å². The number of unbranched alkanes of at least 4 members (excludes halogenated alkanes) is 23. The van der Waals surface area contributed by atoms with E-state index in [0.717, 1.165) is 12.8 Å². The molecule has 0 spiro atoms. The van der Waals surface area contributed by atoms with E-state index in [1.54, 1.807) is 32.6 Å². The average molecular weight is 659 g/mol. The van der Waals surface area contributed by atoms with Crippen molar-refractivity contribution >= 4 is 25.7 Å². The molecule has 0 rings (SSSR count). The molecule has 0 bridgehead atoms. The van der Waals surface area contributed by atoms with E-state index in [2.05, 4.69) is 27.7 Å². The second kappa shape index (κ2) is 38.3. The van der Waals surface area contributed by atoms with Crippen LogP contribution in [0.15, 0.2) is 0 Å². The Hall–Kier alpha value is 0.269. The Morgan fingerprint density at radius 1 is 0.385 bits per heavy atom. The van der Waals surface area contributed by atoms with Crippen molar-refractivity contribution in [2.24, 2.45) is 0 Å². The predicted molar refractivity (Wildman–Crippen MR) is 180 cm³/mol. The van der Waals surface area contributed by atoms with E-state index < -0.39 is 25.7 Å². The minimum atomic E-state index is -1.02. The molecule has 1 N–H and O–H groups in total. The van der Waals surface area contributed by atoms with Gasteiger partial charge in [0, 0.05) is 6.42 Å². The molecule has 0 saturated heterocycles. The molecule has 0 aliphatic heterocycles. The summed E-state index contributed by atoms with van der Waals surface area (Å²) in [6.07, 6.45) is 38.4. The van der Waals surface area contributed by atoms with Crippen LogP contribution in [-0.4, -0.2) is 30.8 Å². The van der Waals surface area contributed by atoms with E-state index in [1.807, 2.05) is 0 Å². The van der Waals surface area contributed by atoms with Crippen LogP contribution in [0.3, 0.4) is 0 Å². The molecule has 3 heteroatoms. The van der Waals surface area contributed by atoms with Crippen LogP contribution in [0.2, 0.25) is 13.3 Å². The van der Waals surface area contributed by atoms with Gasteiger partial charge in [0.15, 0.2) is 0 Å². The molecule has 0 unspecified atom stereocenters. The van der Waals surface area contributed by atoms with Crippen LogP contribution in [0, 0.1) is 0 Å². The zero-order valence-corrected chi connectivity index (χ0v) is 30.6. The number of carboxylic acid groups (broad SMARTS) is 1. The molecule has 0 heterocycles. The number of carboxylic acids is 1. The van der Waals surface area contributed by atoms with Crippen molar-refractivity contribution in [3.63, 3.8) is 0 Å². The molecule has 39 heavy (non-hydrogen) atoms. The molecule has 0 aliphatic rings. The first-order valence-corrected chi connectivity index (χ1v) is 24.2. The Kier molecular flexibility index (Phi) is 40.6. The van der Waals surface area contributed by atoms with E-state index >= 15 is 0 Å². The quantitative estimate of drug-likeness (QED) is 0.0595. The number of rotatable bonds is 31. The van der Waals surface area contributed by atoms with Gasteiger partial charge in [-0.15, -0.1) is 0 Å². The van der Waals surface area contributed by atoms with Gasteiger partial charge in [0.05, 0.1) is 0 Å². The molecule has 0 aliphatic carbocycles. The van der Waals surface area contributed by atoms with Crippen LogP contribution in [0.4, 0.5) is 0 Å². The van der Waals surface area contributed by atoms with Crippen molar-refractivity contribution in [3.8, 4) is 0 Å². The van der Waals surface area contributed by atoms with Crippen LogP contribution in [0.1, 0.15) is 207 Å². The topological polar surface area (TPSA) is 37.3 Å². The first-order chi connectivity index (χ1) is 19.1. The molecular formula is C36H75O2Sn. The number of carbonyl (C=O) groups is 1. The van der Waals surface area contributed by atoms with Gasteiger partial charge in [-0.3, -0.25) is 4.79 Å². The Morgan fingerprint density at radius 2 is 0.615 bits per heavy atom. The summed E-state index contributed by atoms with van der Waals surface area (Å²) in [4.78, 5) is 10.2. The Bertz CT molecular complexity index is 402. The van der Waals surface area contributed by atoms with Gasteiger partial charge in [-0.25, -0.2) is 0 Å². The molecule has 0 amide bonds. The third kappa shape index (κ3) is 40.5. The van der Waals surface area contributed by atoms with Gasteiger partial charge in [0.2, 0.25) is 0 Å². The average Bonchev–Trinajstić information content (AvgIpc) is 2.93. The summed E-state index contributed by atoms with van der Waals surface area (Å²) < 4.78 is 5.16. The number of hydrogen-bond donors (Lipinski definition) is 1. The molecule has 0 saturated carbocycles.